The van der Waals surface area contributed by atoms with E-state index in [1.54, 1.807) is 12.1 Å². The van der Waals surface area contributed by atoms with Crippen molar-refractivity contribution in [1.29, 1.82) is 5.26 Å². The highest BCUT2D eigenvalue weighted by molar-refractivity contribution is 7.99. The molecule has 1 fully saturated rings. The SMILES string of the molecule is N#CCSc1nc(C2CC2)cc(-c2ccc(F)cc2)c1C(N)=O. The molecule has 1 aliphatic carbocycles. The van der Waals surface area contributed by atoms with Gasteiger partial charge in [0, 0.05) is 11.6 Å². The highest BCUT2D eigenvalue weighted by Gasteiger charge is 2.28. The van der Waals surface area contributed by atoms with Gasteiger partial charge in [-0.2, -0.15) is 5.26 Å². The van der Waals surface area contributed by atoms with Crippen molar-refractivity contribution < 1.29 is 9.18 Å². The Balaban J connectivity index is 2.18. The molecule has 6 heteroatoms. The number of primary amides is 1. The van der Waals surface area contributed by atoms with Crippen LogP contribution in [0.1, 0.15) is 34.8 Å². The fourth-order valence-electron chi connectivity index (χ4n) is 2.43. The van der Waals surface area contributed by atoms with E-state index in [1.807, 2.05) is 12.1 Å². The summed E-state index contributed by atoms with van der Waals surface area (Å²) in [6.45, 7) is 0. The Bertz CT molecular complexity index is 795. The Hall–Kier alpha value is -2.39. The van der Waals surface area contributed by atoms with Crippen LogP contribution in [-0.2, 0) is 0 Å². The second-order valence-electron chi connectivity index (χ2n) is 5.37. The Morgan fingerprint density at radius 3 is 2.65 bits per heavy atom. The van der Waals surface area contributed by atoms with Crippen LogP contribution < -0.4 is 5.73 Å². The summed E-state index contributed by atoms with van der Waals surface area (Å²) in [6, 6.07) is 9.83. The number of aromatic nitrogens is 1. The van der Waals surface area contributed by atoms with Crippen LogP contribution in [0.5, 0.6) is 0 Å². The first kappa shape index (κ1) is 15.5. The van der Waals surface area contributed by atoms with E-state index in [1.165, 1.54) is 23.9 Å². The molecule has 0 bridgehead atoms. The first-order valence-electron chi connectivity index (χ1n) is 7.20. The van der Waals surface area contributed by atoms with Crippen LogP contribution in [0.25, 0.3) is 11.1 Å². The van der Waals surface area contributed by atoms with Gasteiger partial charge in [0.15, 0.2) is 0 Å². The quantitative estimate of drug-likeness (QED) is 0.853. The zero-order valence-electron chi connectivity index (χ0n) is 12.3. The average Bonchev–Trinajstić information content (AvgIpc) is 3.37. The lowest BCUT2D eigenvalue weighted by Gasteiger charge is -2.13. The molecule has 2 N–H and O–H groups in total. The van der Waals surface area contributed by atoms with Gasteiger partial charge >= 0.3 is 0 Å². The third-order valence-electron chi connectivity index (χ3n) is 3.68. The van der Waals surface area contributed by atoms with E-state index in [0.717, 1.165) is 18.5 Å². The molecule has 1 aliphatic rings. The standard InChI is InChI=1S/C17H14FN3OS/c18-12-5-3-10(4-6-12)13-9-14(11-1-2-11)21-17(23-8-7-19)15(13)16(20)22/h3-6,9,11H,1-2,8H2,(H2,20,22). The van der Waals surface area contributed by atoms with Crippen molar-refractivity contribution >= 4 is 17.7 Å². The first-order valence-corrected chi connectivity index (χ1v) is 8.19. The van der Waals surface area contributed by atoms with Gasteiger partial charge in [-0.25, -0.2) is 9.37 Å². The summed E-state index contributed by atoms with van der Waals surface area (Å²) in [4.78, 5) is 16.5. The van der Waals surface area contributed by atoms with Crippen molar-refractivity contribution in [1.82, 2.24) is 4.98 Å². The zero-order valence-corrected chi connectivity index (χ0v) is 13.1. The van der Waals surface area contributed by atoms with Gasteiger partial charge in [0.05, 0.1) is 17.4 Å². The van der Waals surface area contributed by atoms with Crippen molar-refractivity contribution in [2.45, 2.75) is 23.8 Å². The predicted octanol–water partition coefficient (Wildman–Crippen LogP) is 3.48. The van der Waals surface area contributed by atoms with Gasteiger partial charge in [-0.1, -0.05) is 23.9 Å². The maximum Gasteiger partial charge on any atom is 0.252 e. The first-order chi connectivity index (χ1) is 11.1. The van der Waals surface area contributed by atoms with E-state index < -0.39 is 5.91 Å². The molecule has 0 radical (unpaired) electrons. The molecule has 1 saturated carbocycles. The maximum atomic E-state index is 13.2. The molecule has 116 valence electrons. The minimum atomic E-state index is -0.598. The molecule has 1 amide bonds. The normalized spacial score (nSPS) is 13.6. The second-order valence-corrected chi connectivity index (χ2v) is 6.33. The van der Waals surface area contributed by atoms with E-state index >= 15 is 0 Å². The Kier molecular flexibility index (Phi) is 4.30. The number of nitrogens with zero attached hydrogens (tertiary/aromatic N) is 2. The predicted molar refractivity (Wildman–Crippen MR) is 86.5 cm³/mol. The number of amides is 1. The van der Waals surface area contributed by atoms with Gasteiger partial charge in [0.2, 0.25) is 0 Å². The Morgan fingerprint density at radius 2 is 2.09 bits per heavy atom. The summed E-state index contributed by atoms with van der Waals surface area (Å²) in [5, 5.41) is 9.28. The smallest absolute Gasteiger partial charge is 0.252 e. The van der Waals surface area contributed by atoms with Crippen LogP contribution in [0.2, 0.25) is 0 Å². The molecule has 23 heavy (non-hydrogen) atoms. The van der Waals surface area contributed by atoms with Crippen LogP contribution in [0.15, 0.2) is 35.4 Å². The van der Waals surface area contributed by atoms with E-state index in [-0.39, 0.29) is 11.6 Å². The molecule has 0 saturated heterocycles. The van der Waals surface area contributed by atoms with E-state index in [9.17, 15) is 9.18 Å². The fraction of sp³-hybridized carbons (Fsp3) is 0.235. The number of nitriles is 1. The highest BCUT2D eigenvalue weighted by atomic mass is 32.2. The molecular formula is C17H14FN3OS. The lowest BCUT2D eigenvalue weighted by molar-refractivity contribution is 0.0997. The number of carbonyl (C=O) groups excluding carboxylic acids is 1. The topological polar surface area (TPSA) is 79.8 Å². The minimum Gasteiger partial charge on any atom is -0.365 e. The van der Waals surface area contributed by atoms with Crippen LogP contribution in [0.4, 0.5) is 4.39 Å². The van der Waals surface area contributed by atoms with Crippen molar-refractivity contribution in [3.63, 3.8) is 0 Å². The van der Waals surface area contributed by atoms with Gasteiger partial charge in [0.1, 0.15) is 10.8 Å². The second kappa shape index (κ2) is 6.39. The van der Waals surface area contributed by atoms with Crippen LogP contribution in [0, 0.1) is 17.1 Å². The minimum absolute atomic E-state index is 0.185. The highest BCUT2D eigenvalue weighted by Crippen LogP contribution is 2.42. The number of thioether (sulfide) groups is 1. The average molecular weight is 327 g/mol. The van der Waals surface area contributed by atoms with Crippen molar-refractivity contribution in [2.24, 2.45) is 5.73 Å². The third-order valence-corrected chi connectivity index (χ3v) is 4.52. The summed E-state index contributed by atoms with van der Waals surface area (Å²) in [6.07, 6.45) is 2.13. The lowest BCUT2D eigenvalue weighted by Crippen LogP contribution is -2.15. The molecule has 0 unspecified atom stereocenters. The largest absolute Gasteiger partial charge is 0.365 e. The van der Waals surface area contributed by atoms with Crippen molar-refractivity contribution in [3.05, 3.63) is 47.4 Å². The number of nitrogens with two attached hydrogens (primary N) is 1. The number of rotatable bonds is 5. The van der Waals surface area contributed by atoms with Crippen LogP contribution >= 0.6 is 11.8 Å². The van der Waals surface area contributed by atoms with Crippen LogP contribution in [-0.4, -0.2) is 16.6 Å². The Labute approximate surface area is 137 Å². The number of pyridine rings is 1. The summed E-state index contributed by atoms with van der Waals surface area (Å²) in [5.74, 6) is -0.369. The Morgan fingerprint density at radius 1 is 1.39 bits per heavy atom. The van der Waals surface area contributed by atoms with Gasteiger partial charge in [0.25, 0.3) is 5.91 Å². The zero-order chi connectivity index (χ0) is 16.4. The number of hydrogen-bond donors (Lipinski definition) is 1. The molecular weight excluding hydrogens is 313 g/mol. The molecule has 2 aromatic rings. The lowest BCUT2D eigenvalue weighted by atomic mass is 9.99. The number of carbonyl (C=O) groups is 1. The van der Waals surface area contributed by atoms with E-state index in [4.69, 9.17) is 11.0 Å². The number of hydrogen-bond acceptors (Lipinski definition) is 4. The van der Waals surface area contributed by atoms with Crippen molar-refractivity contribution in [2.75, 3.05) is 5.75 Å². The fourth-order valence-corrected chi connectivity index (χ4v) is 3.16. The van der Waals surface area contributed by atoms with Gasteiger partial charge < -0.3 is 5.73 Å². The molecule has 1 aromatic heterocycles. The van der Waals surface area contributed by atoms with Gasteiger partial charge in [-0.3, -0.25) is 4.79 Å². The summed E-state index contributed by atoms with van der Waals surface area (Å²) in [5.41, 5.74) is 8.10. The molecule has 4 nitrogen and oxygen atoms in total. The van der Waals surface area contributed by atoms with Gasteiger partial charge in [-0.05, 0) is 42.2 Å². The summed E-state index contributed by atoms with van der Waals surface area (Å²) < 4.78 is 13.2. The molecule has 1 heterocycles. The molecule has 0 spiro atoms. The van der Waals surface area contributed by atoms with E-state index in [0.29, 0.717) is 27.6 Å². The van der Waals surface area contributed by atoms with E-state index in [2.05, 4.69) is 4.98 Å². The van der Waals surface area contributed by atoms with Crippen molar-refractivity contribution in [3.8, 4) is 17.2 Å². The molecule has 1 aromatic carbocycles. The molecule has 3 rings (SSSR count). The monoisotopic (exact) mass is 327 g/mol. The van der Waals surface area contributed by atoms with Gasteiger partial charge in [-0.15, -0.1) is 0 Å². The van der Waals surface area contributed by atoms with Crippen LogP contribution in [0.3, 0.4) is 0 Å². The third kappa shape index (κ3) is 3.35. The number of benzene rings is 1. The molecule has 0 atom stereocenters. The molecule has 0 aliphatic heterocycles. The summed E-state index contributed by atoms with van der Waals surface area (Å²) >= 11 is 1.20. The maximum absolute atomic E-state index is 13.2. The summed E-state index contributed by atoms with van der Waals surface area (Å²) in [7, 11) is 0. The number of halogens is 1.